The zero-order chi connectivity index (χ0) is 19.0. The van der Waals surface area contributed by atoms with Gasteiger partial charge in [0, 0.05) is 16.6 Å². The second-order valence-corrected chi connectivity index (χ2v) is 6.41. The van der Waals surface area contributed by atoms with E-state index in [2.05, 4.69) is 20.6 Å². The number of carbonyl (C=O) groups excluding carboxylic acids is 1. The predicted molar refractivity (Wildman–Crippen MR) is 100 cm³/mol. The van der Waals surface area contributed by atoms with E-state index in [1.807, 2.05) is 26.0 Å². The lowest BCUT2D eigenvalue weighted by atomic mass is 10.1. The van der Waals surface area contributed by atoms with Crippen molar-refractivity contribution in [3.05, 3.63) is 77.5 Å². The van der Waals surface area contributed by atoms with Gasteiger partial charge in [0.15, 0.2) is 0 Å². The highest BCUT2D eigenvalue weighted by atomic mass is 19.1. The number of halogens is 1. The van der Waals surface area contributed by atoms with E-state index >= 15 is 0 Å². The van der Waals surface area contributed by atoms with Crippen LogP contribution in [0.3, 0.4) is 0 Å². The molecular weight excluding hydrogens is 345 g/mol. The van der Waals surface area contributed by atoms with Gasteiger partial charge < -0.3 is 5.32 Å². The molecule has 0 fully saturated rings. The first-order valence-corrected chi connectivity index (χ1v) is 8.58. The van der Waals surface area contributed by atoms with Crippen LogP contribution in [0.25, 0.3) is 16.6 Å². The first-order chi connectivity index (χ1) is 13.0. The number of benzene rings is 2. The third-order valence-corrected chi connectivity index (χ3v) is 4.65. The lowest BCUT2D eigenvalue weighted by Crippen LogP contribution is -2.27. The van der Waals surface area contributed by atoms with Crippen LogP contribution in [0.1, 0.15) is 34.6 Å². The number of rotatable bonds is 4. The molecule has 7 heteroatoms. The molecule has 0 saturated heterocycles. The number of nitrogens with one attached hydrogen (secondary N) is 2. The van der Waals surface area contributed by atoms with Crippen LogP contribution in [0.4, 0.5) is 4.39 Å². The second-order valence-electron chi connectivity index (χ2n) is 6.41. The third kappa shape index (κ3) is 3.08. The summed E-state index contributed by atoms with van der Waals surface area (Å²) >= 11 is 0. The third-order valence-electron chi connectivity index (χ3n) is 4.65. The van der Waals surface area contributed by atoms with E-state index in [9.17, 15) is 9.18 Å². The molecule has 2 heterocycles. The molecular formula is C20H18FN5O. The van der Waals surface area contributed by atoms with Crippen molar-refractivity contribution < 1.29 is 9.18 Å². The zero-order valence-corrected chi connectivity index (χ0v) is 14.9. The van der Waals surface area contributed by atoms with Crippen LogP contribution < -0.4 is 5.32 Å². The summed E-state index contributed by atoms with van der Waals surface area (Å²) in [6, 6.07) is 11.4. The minimum atomic E-state index is -0.294. The Labute approximate surface area is 155 Å². The number of fused-ring (bicyclic) bond motifs is 1. The van der Waals surface area contributed by atoms with Crippen molar-refractivity contribution in [3.8, 4) is 5.69 Å². The maximum Gasteiger partial charge on any atom is 0.253 e. The Morgan fingerprint density at radius 3 is 2.74 bits per heavy atom. The first-order valence-electron chi connectivity index (χ1n) is 8.58. The summed E-state index contributed by atoms with van der Waals surface area (Å²) in [5.41, 5.74) is 3.79. The van der Waals surface area contributed by atoms with Crippen molar-refractivity contribution >= 4 is 16.8 Å². The number of hydrogen-bond donors (Lipinski definition) is 2. The van der Waals surface area contributed by atoms with Crippen molar-refractivity contribution in [2.75, 3.05) is 0 Å². The number of carbonyl (C=O) groups is 1. The molecule has 27 heavy (non-hydrogen) atoms. The van der Waals surface area contributed by atoms with Gasteiger partial charge in [-0.1, -0.05) is 12.1 Å². The van der Waals surface area contributed by atoms with Crippen LogP contribution in [0.5, 0.6) is 0 Å². The van der Waals surface area contributed by atoms with Crippen molar-refractivity contribution in [2.45, 2.75) is 19.9 Å². The van der Waals surface area contributed by atoms with Gasteiger partial charge in [-0.05, 0) is 44.2 Å². The van der Waals surface area contributed by atoms with Gasteiger partial charge in [0.2, 0.25) is 0 Å². The summed E-state index contributed by atoms with van der Waals surface area (Å²) in [5, 5.41) is 15.1. The van der Waals surface area contributed by atoms with Gasteiger partial charge in [-0.25, -0.2) is 9.07 Å². The van der Waals surface area contributed by atoms with Crippen LogP contribution >= 0.6 is 0 Å². The van der Waals surface area contributed by atoms with E-state index in [1.165, 1.54) is 12.1 Å². The van der Waals surface area contributed by atoms with Crippen LogP contribution in [0, 0.1) is 12.7 Å². The van der Waals surface area contributed by atoms with Crippen LogP contribution in [-0.2, 0) is 0 Å². The second kappa shape index (κ2) is 6.68. The van der Waals surface area contributed by atoms with E-state index in [0.29, 0.717) is 11.1 Å². The molecule has 4 rings (SSSR count). The normalized spacial score (nSPS) is 12.3. The molecule has 6 nitrogen and oxygen atoms in total. The Bertz CT molecular complexity index is 1110. The Kier molecular flexibility index (Phi) is 4.19. The molecule has 1 amide bonds. The standard InChI is InChI=1S/C20H18FN5O/c1-12(24-20(27)17-5-3-4-14-10-22-25-19(14)17)18-11-23-26(13(18)2)16-8-6-15(21)7-9-16/h3-12H,1-2H3,(H,22,25)(H,24,27). The highest BCUT2D eigenvalue weighted by Crippen LogP contribution is 2.22. The van der Waals surface area contributed by atoms with Gasteiger partial charge in [-0.15, -0.1) is 0 Å². The number of aromatic nitrogens is 4. The minimum absolute atomic E-state index is 0.189. The molecule has 0 aliphatic carbocycles. The summed E-state index contributed by atoms with van der Waals surface area (Å²) in [6.45, 7) is 3.83. The molecule has 2 N–H and O–H groups in total. The fraction of sp³-hybridized carbons (Fsp3) is 0.150. The minimum Gasteiger partial charge on any atom is -0.345 e. The maximum absolute atomic E-state index is 13.1. The molecule has 1 unspecified atom stereocenters. The first kappa shape index (κ1) is 17.0. The number of hydrogen-bond acceptors (Lipinski definition) is 3. The van der Waals surface area contributed by atoms with E-state index in [0.717, 1.165) is 22.3 Å². The summed E-state index contributed by atoms with van der Waals surface area (Å²) in [5.74, 6) is -0.483. The molecule has 0 aliphatic heterocycles. The monoisotopic (exact) mass is 363 g/mol. The molecule has 2 aromatic heterocycles. The summed E-state index contributed by atoms with van der Waals surface area (Å²) in [7, 11) is 0. The Morgan fingerprint density at radius 1 is 1.19 bits per heavy atom. The van der Waals surface area contributed by atoms with E-state index in [1.54, 1.807) is 35.3 Å². The van der Waals surface area contributed by atoms with Gasteiger partial charge in [0.1, 0.15) is 5.82 Å². The predicted octanol–water partition coefficient (Wildman–Crippen LogP) is 3.69. The van der Waals surface area contributed by atoms with Crippen molar-refractivity contribution in [3.63, 3.8) is 0 Å². The smallest absolute Gasteiger partial charge is 0.253 e. The molecule has 4 aromatic rings. The van der Waals surface area contributed by atoms with Crippen molar-refractivity contribution in [1.29, 1.82) is 0 Å². The fourth-order valence-corrected chi connectivity index (χ4v) is 3.20. The number of para-hydroxylation sites is 1. The highest BCUT2D eigenvalue weighted by Gasteiger charge is 2.18. The quantitative estimate of drug-likeness (QED) is 0.581. The maximum atomic E-state index is 13.1. The van der Waals surface area contributed by atoms with Crippen LogP contribution in [0.2, 0.25) is 0 Å². The van der Waals surface area contributed by atoms with Gasteiger partial charge in [0.05, 0.1) is 35.2 Å². The summed E-state index contributed by atoms with van der Waals surface area (Å²) in [4.78, 5) is 12.7. The largest absolute Gasteiger partial charge is 0.345 e. The van der Waals surface area contributed by atoms with Crippen LogP contribution in [-0.4, -0.2) is 25.9 Å². The Morgan fingerprint density at radius 2 is 1.96 bits per heavy atom. The molecule has 1 atom stereocenters. The van der Waals surface area contributed by atoms with Gasteiger partial charge in [-0.2, -0.15) is 10.2 Å². The van der Waals surface area contributed by atoms with Gasteiger partial charge in [-0.3, -0.25) is 9.89 Å². The number of nitrogens with zero attached hydrogens (tertiary/aromatic N) is 3. The number of H-pyrrole nitrogens is 1. The molecule has 0 radical (unpaired) electrons. The highest BCUT2D eigenvalue weighted by molar-refractivity contribution is 6.05. The SMILES string of the molecule is Cc1c(C(C)NC(=O)c2cccc3cn[nH]c23)cnn1-c1ccc(F)cc1. The average molecular weight is 363 g/mol. The van der Waals surface area contributed by atoms with Crippen molar-refractivity contribution in [1.82, 2.24) is 25.3 Å². The number of aromatic amines is 1. The van der Waals surface area contributed by atoms with Crippen LogP contribution in [0.15, 0.2) is 54.9 Å². The molecule has 0 spiro atoms. The number of amides is 1. The molecule has 0 aliphatic rings. The topological polar surface area (TPSA) is 75.6 Å². The van der Waals surface area contributed by atoms with E-state index in [-0.39, 0.29) is 17.8 Å². The fourth-order valence-electron chi connectivity index (χ4n) is 3.20. The van der Waals surface area contributed by atoms with E-state index in [4.69, 9.17) is 0 Å². The molecule has 0 saturated carbocycles. The van der Waals surface area contributed by atoms with E-state index < -0.39 is 0 Å². The molecule has 136 valence electrons. The lowest BCUT2D eigenvalue weighted by molar-refractivity contribution is 0.0941. The summed E-state index contributed by atoms with van der Waals surface area (Å²) in [6.07, 6.45) is 3.41. The Balaban J connectivity index is 1.58. The molecule has 0 bridgehead atoms. The van der Waals surface area contributed by atoms with Gasteiger partial charge in [0.25, 0.3) is 5.91 Å². The lowest BCUT2D eigenvalue weighted by Gasteiger charge is -2.14. The molecule has 2 aromatic carbocycles. The van der Waals surface area contributed by atoms with Crippen molar-refractivity contribution in [2.24, 2.45) is 0 Å². The van der Waals surface area contributed by atoms with Gasteiger partial charge >= 0.3 is 0 Å². The zero-order valence-electron chi connectivity index (χ0n) is 14.9. The summed E-state index contributed by atoms with van der Waals surface area (Å²) < 4.78 is 14.9. The average Bonchev–Trinajstić information content (AvgIpc) is 3.28. The Hall–Kier alpha value is -3.48.